The van der Waals surface area contributed by atoms with Gasteiger partial charge in [0.15, 0.2) is 5.96 Å². The number of hydrazone groups is 1. The molecule has 0 saturated carbocycles. The number of carbonyl (C=O) groups is 3. The molecule has 0 fully saturated rings. The molecule has 0 aliphatic carbocycles. The van der Waals surface area contributed by atoms with Crippen LogP contribution in [0.3, 0.4) is 0 Å². The van der Waals surface area contributed by atoms with Crippen molar-refractivity contribution >= 4 is 29.6 Å². The van der Waals surface area contributed by atoms with Crippen LogP contribution in [0.15, 0.2) is 64.7 Å². The van der Waals surface area contributed by atoms with E-state index in [1.54, 1.807) is 0 Å². The van der Waals surface area contributed by atoms with E-state index in [1.807, 2.05) is 54.6 Å². The molecule has 38 heavy (non-hydrogen) atoms. The molecule has 202 valence electrons. The number of guanidine groups is 2. The second-order valence-electron chi connectivity index (χ2n) is 8.56. The van der Waals surface area contributed by atoms with Crippen LogP contribution in [0.2, 0.25) is 0 Å². The first kappa shape index (κ1) is 27.9. The summed E-state index contributed by atoms with van der Waals surface area (Å²) in [5.74, 6) is -0.879. The maximum Gasteiger partial charge on any atom is 0.242 e. The number of amides is 3. The molecule has 13 heteroatoms. The first-order valence-corrected chi connectivity index (χ1v) is 12.3. The summed E-state index contributed by atoms with van der Waals surface area (Å²) in [4.78, 5) is 41.6. The standard InChI is InChI=1S/C25H34N10O3/c26-24(27)29-15-5-4-14-28-23(38)20(30-21(36)12-13-22(37)31-25-32-34-35-33-25)16-17-8-10-19(11-9-17)18-6-2-1-3-7-18/h1-3,6-11,20,34-35H,4-5,12-16H2,(H,28,38)(H,30,36)(H4,26,27,29)(H2,31,32,33,37)/t20-/m1/s1. The lowest BCUT2D eigenvalue weighted by atomic mass is 10.00. The molecule has 1 aliphatic rings. The first-order valence-electron chi connectivity index (χ1n) is 12.3. The first-order chi connectivity index (χ1) is 18.4. The molecule has 2 aromatic rings. The van der Waals surface area contributed by atoms with Crippen LogP contribution >= 0.6 is 0 Å². The van der Waals surface area contributed by atoms with Gasteiger partial charge in [0.25, 0.3) is 0 Å². The number of nitrogens with zero attached hydrogens (tertiary/aromatic N) is 2. The third-order valence-electron chi connectivity index (χ3n) is 5.57. The van der Waals surface area contributed by atoms with E-state index in [-0.39, 0.29) is 30.7 Å². The summed E-state index contributed by atoms with van der Waals surface area (Å²) in [5, 5.41) is 11.9. The lowest BCUT2D eigenvalue weighted by Gasteiger charge is -2.19. The number of carbonyl (C=O) groups excluding carboxylic acids is 3. The number of benzene rings is 2. The van der Waals surface area contributed by atoms with E-state index < -0.39 is 17.9 Å². The van der Waals surface area contributed by atoms with Gasteiger partial charge in [-0.2, -0.15) is 0 Å². The van der Waals surface area contributed by atoms with Crippen LogP contribution in [0.1, 0.15) is 31.2 Å². The second-order valence-corrected chi connectivity index (χ2v) is 8.56. The summed E-state index contributed by atoms with van der Waals surface area (Å²) >= 11 is 0. The van der Waals surface area contributed by atoms with Gasteiger partial charge >= 0.3 is 0 Å². The van der Waals surface area contributed by atoms with Gasteiger partial charge in [0.2, 0.25) is 23.7 Å². The monoisotopic (exact) mass is 522 g/mol. The van der Waals surface area contributed by atoms with Gasteiger partial charge in [-0.25, -0.2) is 5.53 Å². The number of hydrogen-bond acceptors (Lipinski definition) is 8. The van der Waals surface area contributed by atoms with E-state index >= 15 is 0 Å². The summed E-state index contributed by atoms with van der Waals surface area (Å²) in [6.45, 7) is 0.889. The zero-order chi connectivity index (χ0) is 27.2. The summed E-state index contributed by atoms with van der Waals surface area (Å²) < 4.78 is 0. The van der Waals surface area contributed by atoms with Gasteiger partial charge in [-0.15, -0.1) is 10.6 Å². The van der Waals surface area contributed by atoms with E-state index in [0.29, 0.717) is 32.4 Å². The van der Waals surface area contributed by atoms with Gasteiger partial charge in [0.05, 0.1) is 0 Å². The van der Waals surface area contributed by atoms with Crippen LogP contribution in [0.5, 0.6) is 0 Å². The highest BCUT2D eigenvalue weighted by Gasteiger charge is 2.22. The van der Waals surface area contributed by atoms with Gasteiger partial charge in [0, 0.05) is 32.4 Å². The van der Waals surface area contributed by atoms with E-state index in [9.17, 15) is 14.4 Å². The summed E-state index contributed by atoms with van der Waals surface area (Å²) in [6.07, 6.45) is 1.52. The van der Waals surface area contributed by atoms with Crippen molar-refractivity contribution < 1.29 is 14.4 Å². The zero-order valence-electron chi connectivity index (χ0n) is 21.0. The molecule has 0 unspecified atom stereocenters. The fraction of sp³-hybridized carbons (Fsp3) is 0.320. The zero-order valence-corrected chi connectivity index (χ0v) is 21.0. The Morgan fingerprint density at radius 3 is 2.32 bits per heavy atom. The maximum absolute atomic E-state index is 13.0. The maximum atomic E-state index is 13.0. The fourth-order valence-electron chi connectivity index (χ4n) is 3.63. The molecule has 3 amide bonds. The van der Waals surface area contributed by atoms with Crippen LogP contribution < -0.4 is 43.9 Å². The van der Waals surface area contributed by atoms with Gasteiger partial charge in [0.1, 0.15) is 6.04 Å². The lowest BCUT2D eigenvalue weighted by Crippen LogP contribution is -2.48. The lowest BCUT2D eigenvalue weighted by molar-refractivity contribution is -0.130. The van der Waals surface area contributed by atoms with Crippen LogP contribution in [0, 0.1) is 0 Å². The van der Waals surface area contributed by atoms with Crippen LogP contribution in [-0.2, 0) is 20.8 Å². The number of nitrogens with one attached hydrogen (secondary N) is 6. The predicted molar refractivity (Wildman–Crippen MR) is 145 cm³/mol. The average Bonchev–Trinajstić information content (AvgIpc) is 3.42. The summed E-state index contributed by atoms with van der Waals surface area (Å²) in [7, 11) is 0. The third-order valence-corrected chi connectivity index (χ3v) is 5.57. The molecule has 0 radical (unpaired) electrons. The Balaban J connectivity index is 1.56. The Labute approximate surface area is 220 Å². The molecule has 0 aromatic heterocycles. The van der Waals surface area contributed by atoms with Gasteiger partial charge < -0.3 is 22.1 Å². The topological polar surface area (TPSA) is 200 Å². The molecule has 3 rings (SSSR count). The Morgan fingerprint density at radius 2 is 1.63 bits per heavy atom. The van der Waals surface area contributed by atoms with Crippen molar-refractivity contribution in [3.8, 4) is 11.1 Å². The van der Waals surface area contributed by atoms with Gasteiger partial charge in [-0.1, -0.05) is 54.6 Å². The molecular formula is C25H34N10O3. The van der Waals surface area contributed by atoms with Crippen LogP contribution in [-0.4, -0.2) is 48.8 Å². The van der Waals surface area contributed by atoms with Gasteiger partial charge in [-0.05, 0) is 29.5 Å². The Bertz CT molecular complexity index is 1130. The average molecular weight is 523 g/mol. The van der Waals surface area contributed by atoms with Crippen LogP contribution in [0.4, 0.5) is 0 Å². The molecule has 10 N–H and O–H groups in total. The molecule has 0 saturated heterocycles. The van der Waals surface area contributed by atoms with Crippen molar-refractivity contribution in [2.45, 2.75) is 38.1 Å². The molecule has 2 aromatic carbocycles. The highest BCUT2D eigenvalue weighted by atomic mass is 16.2. The number of nitrogens with two attached hydrogens (primary N) is 2. The number of unbranched alkanes of at least 4 members (excludes halogenated alkanes) is 1. The second kappa shape index (κ2) is 14.8. The van der Waals surface area contributed by atoms with E-state index in [1.165, 1.54) is 0 Å². The Hall–Kier alpha value is -4.65. The van der Waals surface area contributed by atoms with Crippen LogP contribution in [0.25, 0.3) is 11.1 Å². The van der Waals surface area contributed by atoms with Crippen molar-refractivity contribution in [3.05, 3.63) is 60.2 Å². The number of hydrazine groups is 2. The third kappa shape index (κ3) is 9.78. The minimum Gasteiger partial charge on any atom is -0.370 e. The number of aliphatic imine (C=N–C) groups is 1. The molecule has 1 heterocycles. The van der Waals surface area contributed by atoms with Crippen molar-refractivity contribution in [3.63, 3.8) is 0 Å². The largest absolute Gasteiger partial charge is 0.370 e. The molecule has 13 nitrogen and oxygen atoms in total. The summed E-state index contributed by atoms with van der Waals surface area (Å²) in [5.41, 5.74) is 21.2. The SMILES string of the molecule is NC(N)=NCCCCNC(=O)[C@@H](Cc1ccc(-c2ccccc2)cc1)NC(=O)CCC(=O)NC1=NNNN1. The molecule has 0 bridgehead atoms. The Kier molecular flexibility index (Phi) is 10.9. The molecule has 1 aliphatic heterocycles. The molecule has 1 atom stereocenters. The van der Waals surface area contributed by atoms with Crippen molar-refractivity contribution in [1.82, 2.24) is 32.4 Å². The van der Waals surface area contributed by atoms with Crippen molar-refractivity contribution in [1.29, 1.82) is 0 Å². The summed E-state index contributed by atoms with van der Waals surface area (Å²) in [6, 6.07) is 17.0. The van der Waals surface area contributed by atoms with E-state index in [4.69, 9.17) is 11.5 Å². The van der Waals surface area contributed by atoms with E-state index in [0.717, 1.165) is 16.7 Å². The van der Waals surface area contributed by atoms with Crippen molar-refractivity contribution in [2.75, 3.05) is 13.1 Å². The minimum absolute atomic E-state index is 0.0320. The molecular weight excluding hydrogens is 488 g/mol. The number of hydrogen-bond donors (Lipinski definition) is 8. The van der Waals surface area contributed by atoms with E-state index in [2.05, 4.69) is 42.5 Å². The van der Waals surface area contributed by atoms with Crippen molar-refractivity contribution in [2.24, 2.45) is 21.6 Å². The normalized spacial score (nSPS) is 12.8. The van der Waals surface area contributed by atoms with Gasteiger partial charge in [-0.3, -0.25) is 30.1 Å². The highest BCUT2D eigenvalue weighted by molar-refractivity contribution is 5.98. The number of rotatable bonds is 13. The minimum atomic E-state index is -0.805. The predicted octanol–water partition coefficient (Wildman–Crippen LogP) is -0.669. The quantitative estimate of drug-likeness (QED) is 0.0961. The Morgan fingerprint density at radius 1 is 0.921 bits per heavy atom. The highest BCUT2D eigenvalue weighted by Crippen LogP contribution is 2.19. The molecule has 0 spiro atoms. The smallest absolute Gasteiger partial charge is 0.242 e. The fourth-order valence-corrected chi connectivity index (χ4v) is 3.63.